The van der Waals surface area contributed by atoms with Crippen LogP contribution in [-0.2, 0) is 4.74 Å². The van der Waals surface area contributed by atoms with Gasteiger partial charge in [-0.1, -0.05) is 54.6 Å². The maximum absolute atomic E-state index is 11.5. The molecule has 0 radical (unpaired) electrons. The molecule has 96 valence electrons. The Bertz CT molecular complexity index is 535. The van der Waals surface area contributed by atoms with E-state index in [0.29, 0.717) is 0 Å². The number of benzene rings is 2. The lowest BCUT2D eigenvalue weighted by molar-refractivity contribution is 0.174. The first kappa shape index (κ1) is 12.9. The predicted molar refractivity (Wildman–Crippen MR) is 76.9 cm³/mol. The van der Waals surface area contributed by atoms with Gasteiger partial charge in [-0.2, -0.15) is 0 Å². The van der Waals surface area contributed by atoms with Gasteiger partial charge in [0, 0.05) is 5.69 Å². The largest absolute Gasteiger partial charge is 0.445 e. The standard InChI is InChI=1S/C16H15NO2/c18-16(17-15-11-5-2-6-12-15)19-13-7-10-14-8-3-1-4-9-14/h1-12H,13H2,(H,17,18)/b10-7-. The van der Waals surface area contributed by atoms with Crippen LogP contribution in [0.15, 0.2) is 66.7 Å². The lowest BCUT2D eigenvalue weighted by Crippen LogP contribution is -2.13. The molecule has 0 atom stereocenters. The first-order valence-corrected chi connectivity index (χ1v) is 6.05. The van der Waals surface area contributed by atoms with Gasteiger partial charge in [-0.3, -0.25) is 5.32 Å². The maximum atomic E-state index is 11.5. The van der Waals surface area contributed by atoms with Gasteiger partial charge in [0.2, 0.25) is 0 Å². The van der Waals surface area contributed by atoms with E-state index in [2.05, 4.69) is 5.32 Å². The van der Waals surface area contributed by atoms with Crippen LogP contribution in [0.25, 0.3) is 6.08 Å². The van der Waals surface area contributed by atoms with E-state index in [1.807, 2.05) is 54.6 Å². The summed E-state index contributed by atoms with van der Waals surface area (Å²) in [7, 11) is 0. The molecule has 0 heterocycles. The van der Waals surface area contributed by atoms with Crippen molar-refractivity contribution in [1.29, 1.82) is 0 Å². The number of hydrogen-bond acceptors (Lipinski definition) is 2. The van der Waals surface area contributed by atoms with Crippen molar-refractivity contribution in [2.24, 2.45) is 0 Å². The Labute approximate surface area is 112 Å². The molecule has 0 bridgehead atoms. The molecule has 0 saturated heterocycles. The molecule has 0 saturated carbocycles. The Balaban J connectivity index is 1.74. The molecule has 0 aromatic heterocycles. The number of hydrogen-bond donors (Lipinski definition) is 1. The normalized spacial score (nSPS) is 10.3. The van der Waals surface area contributed by atoms with Crippen LogP contribution in [-0.4, -0.2) is 12.7 Å². The third kappa shape index (κ3) is 4.68. The van der Waals surface area contributed by atoms with Gasteiger partial charge in [-0.05, 0) is 23.8 Å². The Hall–Kier alpha value is -2.55. The fourth-order valence-electron chi connectivity index (χ4n) is 1.55. The first-order valence-electron chi connectivity index (χ1n) is 6.05. The Morgan fingerprint density at radius 2 is 1.63 bits per heavy atom. The molecular weight excluding hydrogens is 238 g/mol. The molecule has 2 rings (SSSR count). The van der Waals surface area contributed by atoms with Gasteiger partial charge in [-0.15, -0.1) is 0 Å². The van der Waals surface area contributed by atoms with Crippen molar-refractivity contribution < 1.29 is 9.53 Å². The van der Waals surface area contributed by atoms with E-state index in [4.69, 9.17) is 4.74 Å². The van der Waals surface area contributed by atoms with Crippen LogP contribution in [0.3, 0.4) is 0 Å². The van der Waals surface area contributed by atoms with Crippen molar-refractivity contribution in [2.45, 2.75) is 0 Å². The highest BCUT2D eigenvalue weighted by molar-refractivity contribution is 5.84. The molecule has 2 aromatic carbocycles. The SMILES string of the molecule is O=C(Nc1ccccc1)OC/C=C\c1ccccc1. The number of carbonyl (C=O) groups excluding carboxylic acids is 1. The fourth-order valence-corrected chi connectivity index (χ4v) is 1.55. The van der Waals surface area contributed by atoms with E-state index < -0.39 is 6.09 Å². The predicted octanol–water partition coefficient (Wildman–Crippen LogP) is 3.95. The first-order chi connectivity index (χ1) is 9.34. The highest BCUT2D eigenvalue weighted by Gasteiger charge is 2.00. The summed E-state index contributed by atoms with van der Waals surface area (Å²) < 4.78 is 5.03. The number of nitrogens with one attached hydrogen (secondary N) is 1. The zero-order valence-electron chi connectivity index (χ0n) is 10.5. The summed E-state index contributed by atoms with van der Waals surface area (Å²) in [5.41, 5.74) is 1.80. The number of para-hydroxylation sites is 1. The summed E-state index contributed by atoms with van der Waals surface area (Å²) in [6.45, 7) is 0.244. The van der Waals surface area contributed by atoms with Gasteiger partial charge >= 0.3 is 6.09 Å². The quantitative estimate of drug-likeness (QED) is 0.896. The molecule has 0 aliphatic heterocycles. The summed E-state index contributed by atoms with van der Waals surface area (Å²) in [5, 5.41) is 2.65. The number of anilines is 1. The van der Waals surface area contributed by atoms with Crippen LogP contribution < -0.4 is 5.32 Å². The van der Waals surface area contributed by atoms with E-state index in [1.54, 1.807) is 18.2 Å². The zero-order chi connectivity index (χ0) is 13.3. The van der Waals surface area contributed by atoms with Crippen molar-refractivity contribution in [1.82, 2.24) is 0 Å². The van der Waals surface area contributed by atoms with Gasteiger partial charge < -0.3 is 4.74 Å². The minimum Gasteiger partial charge on any atom is -0.445 e. The summed E-state index contributed by atoms with van der Waals surface area (Å²) >= 11 is 0. The molecule has 0 aliphatic carbocycles. The number of ether oxygens (including phenoxy) is 1. The lowest BCUT2D eigenvalue weighted by atomic mass is 10.2. The zero-order valence-corrected chi connectivity index (χ0v) is 10.5. The Kier molecular flexibility index (Phi) is 4.76. The van der Waals surface area contributed by atoms with E-state index >= 15 is 0 Å². The molecule has 3 nitrogen and oxygen atoms in total. The molecular formula is C16H15NO2. The maximum Gasteiger partial charge on any atom is 0.411 e. The van der Waals surface area contributed by atoms with Crippen molar-refractivity contribution >= 4 is 17.9 Å². The smallest absolute Gasteiger partial charge is 0.411 e. The minimum atomic E-state index is -0.455. The average Bonchev–Trinajstić information content (AvgIpc) is 2.46. The summed E-state index contributed by atoms with van der Waals surface area (Å²) in [4.78, 5) is 11.5. The van der Waals surface area contributed by atoms with Crippen LogP contribution in [0.5, 0.6) is 0 Å². The summed E-state index contributed by atoms with van der Waals surface area (Å²) in [5.74, 6) is 0. The Morgan fingerprint density at radius 3 is 2.32 bits per heavy atom. The fraction of sp³-hybridized carbons (Fsp3) is 0.0625. The van der Waals surface area contributed by atoms with Crippen LogP contribution in [0.1, 0.15) is 5.56 Å². The monoisotopic (exact) mass is 253 g/mol. The molecule has 1 N–H and O–H groups in total. The third-order valence-electron chi connectivity index (χ3n) is 2.44. The minimum absolute atomic E-state index is 0.244. The second-order valence-electron chi connectivity index (χ2n) is 3.90. The van der Waals surface area contributed by atoms with Crippen molar-refractivity contribution in [3.05, 3.63) is 72.3 Å². The summed E-state index contributed by atoms with van der Waals surface area (Å²) in [6.07, 6.45) is 3.26. The highest BCUT2D eigenvalue weighted by Crippen LogP contribution is 2.05. The van der Waals surface area contributed by atoms with Crippen LogP contribution >= 0.6 is 0 Å². The third-order valence-corrected chi connectivity index (χ3v) is 2.44. The molecule has 3 heteroatoms. The molecule has 0 aliphatic rings. The van der Waals surface area contributed by atoms with Crippen molar-refractivity contribution in [3.8, 4) is 0 Å². The second-order valence-corrected chi connectivity index (χ2v) is 3.90. The van der Waals surface area contributed by atoms with E-state index in [0.717, 1.165) is 11.3 Å². The molecule has 0 fully saturated rings. The van der Waals surface area contributed by atoms with Gasteiger partial charge in [0.15, 0.2) is 0 Å². The van der Waals surface area contributed by atoms with Crippen LogP contribution in [0.2, 0.25) is 0 Å². The lowest BCUT2D eigenvalue weighted by Gasteiger charge is -2.04. The van der Waals surface area contributed by atoms with Gasteiger partial charge in [0.05, 0.1) is 0 Å². The van der Waals surface area contributed by atoms with Crippen LogP contribution in [0.4, 0.5) is 10.5 Å². The molecule has 0 unspecified atom stereocenters. The molecule has 2 aromatic rings. The van der Waals surface area contributed by atoms with Gasteiger partial charge in [0.25, 0.3) is 0 Å². The second kappa shape index (κ2) is 7.01. The highest BCUT2D eigenvalue weighted by atomic mass is 16.5. The van der Waals surface area contributed by atoms with E-state index in [-0.39, 0.29) is 6.61 Å². The Morgan fingerprint density at radius 1 is 1.00 bits per heavy atom. The topological polar surface area (TPSA) is 38.3 Å². The van der Waals surface area contributed by atoms with Crippen molar-refractivity contribution in [3.63, 3.8) is 0 Å². The number of rotatable bonds is 4. The van der Waals surface area contributed by atoms with Gasteiger partial charge in [-0.25, -0.2) is 4.79 Å². The van der Waals surface area contributed by atoms with E-state index in [9.17, 15) is 4.79 Å². The van der Waals surface area contributed by atoms with E-state index in [1.165, 1.54) is 0 Å². The van der Waals surface area contributed by atoms with Crippen molar-refractivity contribution in [2.75, 3.05) is 11.9 Å². The molecule has 19 heavy (non-hydrogen) atoms. The van der Waals surface area contributed by atoms with Gasteiger partial charge in [0.1, 0.15) is 6.61 Å². The molecule has 0 spiro atoms. The molecule has 1 amide bonds. The summed E-state index contributed by atoms with van der Waals surface area (Å²) in [6, 6.07) is 19.1. The van der Waals surface area contributed by atoms with Crippen LogP contribution in [0, 0.1) is 0 Å². The number of carbonyl (C=O) groups is 1. The average molecular weight is 253 g/mol. The number of amides is 1.